The Morgan fingerprint density at radius 3 is 2.62 bits per heavy atom. The predicted octanol–water partition coefficient (Wildman–Crippen LogP) is 3.28. The first-order valence-corrected chi connectivity index (χ1v) is 11.9. The normalized spacial score (nSPS) is 22.9. The molecule has 1 amide bonds. The molecule has 2 heterocycles. The summed E-state index contributed by atoms with van der Waals surface area (Å²) in [6, 6.07) is 0. The van der Waals surface area contributed by atoms with Gasteiger partial charge in [-0.2, -0.15) is 0 Å². The molecule has 3 atom stereocenters. The van der Waals surface area contributed by atoms with Gasteiger partial charge >= 0.3 is 0 Å². The molecule has 1 fully saturated rings. The SMILES string of the molecule is CCCCc1cn([C@H]2NC(=O)[C@@H]2[C@@H](C)O[Si](C)(C)C(C)(C)C)nn1. The lowest BCUT2D eigenvalue weighted by Crippen LogP contribution is -2.60. The van der Waals surface area contributed by atoms with Gasteiger partial charge in [-0.1, -0.05) is 39.3 Å². The zero-order chi connectivity index (χ0) is 18.1. The van der Waals surface area contributed by atoms with Crippen LogP contribution in [0.25, 0.3) is 0 Å². The highest BCUT2D eigenvalue weighted by Crippen LogP contribution is 2.40. The molecule has 0 spiro atoms. The summed E-state index contributed by atoms with van der Waals surface area (Å²) in [7, 11) is -1.91. The predicted molar refractivity (Wildman–Crippen MR) is 97.0 cm³/mol. The van der Waals surface area contributed by atoms with Crippen molar-refractivity contribution in [2.24, 2.45) is 5.92 Å². The van der Waals surface area contributed by atoms with Gasteiger partial charge in [0.15, 0.2) is 8.32 Å². The quantitative estimate of drug-likeness (QED) is 0.604. The van der Waals surface area contributed by atoms with Crippen LogP contribution in [0.5, 0.6) is 0 Å². The van der Waals surface area contributed by atoms with Crippen molar-refractivity contribution in [2.45, 2.75) is 84.3 Å². The highest BCUT2D eigenvalue weighted by atomic mass is 28.4. The van der Waals surface area contributed by atoms with Crippen LogP contribution >= 0.6 is 0 Å². The molecule has 0 aliphatic carbocycles. The first-order valence-electron chi connectivity index (χ1n) is 8.95. The van der Waals surface area contributed by atoms with Crippen molar-refractivity contribution in [1.29, 1.82) is 0 Å². The number of rotatable bonds is 7. The minimum absolute atomic E-state index is 0.0387. The zero-order valence-electron chi connectivity index (χ0n) is 16.1. The van der Waals surface area contributed by atoms with E-state index in [4.69, 9.17) is 4.43 Å². The highest BCUT2D eigenvalue weighted by molar-refractivity contribution is 6.74. The third kappa shape index (κ3) is 3.88. The molecule has 0 aromatic carbocycles. The van der Waals surface area contributed by atoms with Gasteiger partial charge in [0, 0.05) is 0 Å². The number of amides is 1. The fourth-order valence-corrected chi connectivity index (χ4v) is 4.15. The topological polar surface area (TPSA) is 69.0 Å². The number of carbonyl (C=O) groups excluding carboxylic acids is 1. The summed E-state index contributed by atoms with van der Waals surface area (Å²) in [5.41, 5.74) is 0.981. The van der Waals surface area contributed by atoms with Crippen LogP contribution in [-0.2, 0) is 15.6 Å². The molecule has 0 saturated carbocycles. The summed E-state index contributed by atoms with van der Waals surface area (Å²) in [4.78, 5) is 12.1. The molecular weight excluding hydrogens is 320 g/mol. The molecule has 136 valence electrons. The fraction of sp³-hybridized carbons (Fsp3) is 0.824. The number of nitrogens with one attached hydrogen (secondary N) is 1. The van der Waals surface area contributed by atoms with Crippen LogP contribution in [0, 0.1) is 5.92 Å². The Balaban J connectivity index is 2.06. The number of aryl methyl sites for hydroxylation is 1. The third-order valence-corrected chi connectivity index (χ3v) is 9.93. The third-order valence-electron chi connectivity index (χ3n) is 5.35. The number of hydrogen-bond donors (Lipinski definition) is 1. The molecule has 7 heteroatoms. The molecule has 24 heavy (non-hydrogen) atoms. The van der Waals surface area contributed by atoms with Crippen molar-refractivity contribution in [3.63, 3.8) is 0 Å². The van der Waals surface area contributed by atoms with Gasteiger partial charge in [0.1, 0.15) is 12.1 Å². The highest BCUT2D eigenvalue weighted by Gasteiger charge is 2.48. The maximum atomic E-state index is 12.1. The van der Waals surface area contributed by atoms with E-state index in [0.29, 0.717) is 0 Å². The maximum absolute atomic E-state index is 12.1. The lowest BCUT2D eigenvalue weighted by atomic mass is 9.92. The van der Waals surface area contributed by atoms with Crippen molar-refractivity contribution in [3.05, 3.63) is 11.9 Å². The molecule has 0 bridgehead atoms. The number of hydrogen-bond acceptors (Lipinski definition) is 4. The van der Waals surface area contributed by atoms with Gasteiger partial charge in [0.2, 0.25) is 5.91 Å². The van der Waals surface area contributed by atoms with Gasteiger partial charge in [0.05, 0.1) is 18.0 Å². The standard InChI is InChI=1S/C17H32N4O2Si/c1-8-9-10-13-11-21(20-19-13)15-14(16(22)18-15)12(2)23-24(6,7)17(3,4)5/h11-12,14-15H,8-10H2,1-7H3,(H,18,22)/t12-,14-,15-/m1/s1. The van der Waals surface area contributed by atoms with Crippen molar-refractivity contribution >= 4 is 14.2 Å². The first-order chi connectivity index (χ1) is 11.1. The molecule has 0 radical (unpaired) electrons. The van der Waals surface area contributed by atoms with Crippen LogP contribution in [0.3, 0.4) is 0 Å². The van der Waals surface area contributed by atoms with Crippen molar-refractivity contribution in [2.75, 3.05) is 0 Å². The average Bonchev–Trinajstić information content (AvgIpc) is 2.88. The first kappa shape index (κ1) is 19.1. The van der Waals surface area contributed by atoms with E-state index in [2.05, 4.69) is 56.4 Å². The largest absolute Gasteiger partial charge is 0.413 e. The van der Waals surface area contributed by atoms with Gasteiger partial charge in [-0.05, 0) is 37.9 Å². The Morgan fingerprint density at radius 2 is 2.08 bits per heavy atom. The molecule has 1 aliphatic rings. The molecule has 1 aromatic heterocycles. The molecule has 1 N–H and O–H groups in total. The van der Waals surface area contributed by atoms with Crippen molar-refractivity contribution < 1.29 is 9.22 Å². The van der Waals surface area contributed by atoms with Gasteiger partial charge < -0.3 is 9.74 Å². The molecule has 6 nitrogen and oxygen atoms in total. The summed E-state index contributed by atoms with van der Waals surface area (Å²) in [6.45, 7) is 15.2. The van der Waals surface area contributed by atoms with E-state index in [1.807, 2.05) is 13.1 Å². The Hall–Kier alpha value is -1.21. The fourth-order valence-electron chi connectivity index (χ4n) is 2.72. The van der Waals surface area contributed by atoms with Crippen LogP contribution in [0.15, 0.2) is 6.20 Å². The minimum atomic E-state index is -1.91. The molecule has 0 unspecified atom stereocenters. The molecule has 2 rings (SSSR count). The summed E-state index contributed by atoms with van der Waals surface area (Å²) in [5, 5.41) is 11.5. The summed E-state index contributed by atoms with van der Waals surface area (Å²) >= 11 is 0. The van der Waals surface area contributed by atoms with Gasteiger partial charge in [-0.25, -0.2) is 4.68 Å². The summed E-state index contributed by atoms with van der Waals surface area (Å²) in [5.74, 6) is -0.170. The molecule has 1 aromatic rings. The van der Waals surface area contributed by atoms with Crippen LogP contribution < -0.4 is 5.32 Å². The Labute approximate surface area is 146 Å². The van der Waals surface area contributed by atoms with E-state index in [1.165, 1.54) is 0 Å². The zero-order valence-corrected chi connectivity index (χ0v) is 17.1. The number of carbonyl (C=O) groups is 1. The summed E-state index contributed by atoms with van der Waals surface area (Å²) in [6.07, 6.45) is 4.83. The number of nitrogens with zero attached hydrogens (tertiary/aromatic N) is 3. The maximum Gasteiger partial charge on any atom is 0.231 e. The summed E-state index contributed by atoms with van der Waals surface area (Å²) < 4.78 is 8.20. The molecular formula is C17H32N4O2Si. The average molecular weight is 353 g/mol. The number of unbranched alkanes of at least 4 members (excludes halogenated alkanes) is 1. The second-order valence-electron chi connectivity index (χ2n) is 8.36. The van der Waals surface area contributed by atoms with E-state index in [0.717, 1.165) is 25.0 Å². The van der Waals surface area contributed by atoms with E-state index < -0.39 is 8.32 Å². The van der Waals surface area contributed by atoms with Crippen LogP contribution in [-0.4, -0.2) is 35.3 Å². The lowest BCUT2D eigenvalue weighted by Gasteiger charge is -2.45. The van der Waals surface area contributed by atoms with Gasteiger partial charge in [-0.15, -0.1) is 5.10 Å². The molecule has 1 saturated heterocycles. The van der Waals surface area contributed by atoms with Gasteiger partial charge in [-0.3, -0.25) is 4.79 Å². The van der Waals surface area contributed by atoms with E-state index in [9.17, 15) is 4.79 Å². The van der Waals surface area contributed by atoms with Crippen LogP contribution in [0.1, 0.15) is 59.3 Å². The Kier molecular flexibility index (Phi) is 5.54. The molecule has 1 aliphatic heterocycles. The van der Waals surface area contributed by atoms with E-state index >= 15 is 0 Å². The smallest absolute Gasteiger partial charge is 0.231 e. The van der Waals surface area contributed by atoms with Crippen LogP contribution in [0.4, 0.5) is 0 Å². The van der Waals surface area contributed by atoms with Crippen molar-refractivity contribution in [1.82, 2.24) is 20.3 Å². The van der Waals surface area contributed by atoms with E-state index in [-0.39, 0.29) is 29.1 Å². The van der Waals surface area contributed by atoms with Crippen LogP contribution in [0.2, 0.25) is 18.1 Å². The number of β-lactam (4-membered cyclic amide) rings is 1. The second kappa shape index (κ2) is 6.96. The van der Waals surface area contributed by atoms with Crippen molar-refractivity contribution in [3.8, 4) is 0 Å². The number of aromatic nitrogens is 3. The lowest BCUT2D eigenvalue weighted by molar-refractivity contribution is -0.144. The van der Waals surface area contributed by atoms with Gasteiger partial charge in [0.25, 0.3) is 0 Å². The minimum Gasteiger partial charge on any atom is -0.413 e. The monoisotopic (exact) mass is 352 g/mol. The Morgan fingerprint density at radius 1 is 1.42 bits per heavy atom. The Bertz CT molecular complexity index is 579. The van der Waals surface area contributed by atoms with E-state index in [1.54, 1.807) is 4.68 Å². The second-order valence-corrected chi connectivity index (χ2v) is 13.1.